The number of likely N-dealkylation sites (tertiary alicyclic amines) is 1. The van der Waals surface area contributed by atoms with Crippen LogP contribution in [-0.4, -0.2) is 70.7 Å². The van der Waals surface area contributed by atoms with Gasteiger partial charge in [-0.3, -0.25) is 9.36 Å². The molecule has 2 heterocycles. The Hall–Kier alpha value is -1.73. The van der Waals surface area contributed by atoms with Crippen LogP contribution >= 0.6 is 7.37 Å². The molecule has 2 saturated heterocycles. The van der Waals surface area contributed by atoms with Gasteiger partial charge in [-0.15, -0.1) is 0 Å². The number of benzene rings is 1. The van der Waals surface area contributed by atoms with Crippen LogP contribution in [0.25, 0.3) is 0 Å². The highest BCUT2D eigenvalue weighted by molar-refractivity contribution is 7.58. The topological polar surface area (TPSA) is 113 Å². The van der Waals surface area contributed by atoms with Gasteiger partial charge in [-0.25, -0.2) is 4.79 Å². The van der Waals surface area contributed by atoms with Gasteiger partial charge in [0.25, 0.3) is 0 Å². The second-order valence-corrected chi connectivity index (χ2v) is 9.11. The van der Waals surface area contributed by atoms with Crippen molar-refractivity contribution in [2.75, 3.05) is 32.1 Å². The molecule has 1 spiro atoms. The Morgan fingerprint density at radius 2 is 1.88 bits per heavy atom. The number of aliphatic carboxylic acids is 1. The van der Waals surface area contributed by atoms with Crippen molar-refractivity contribution in [2.45, 2.75) is 24.7 Å². The number of carbonyl (C=O) groups excluding carboxylic acids is 1. The van der Waals surface area contributed by atoms with Crippen LogP contribution in [0.3, 0.4) is 0 Å². The number of ether oxygens (including phenoxy) is 2. The van der Waals surface area contributed by atoms with Gasteiger partial charge in [-0.2, -0.15) is 0 Å². The zero-order valence-corrected chi connectivity index (χ0v) is 15.1. The Kier molecular flexibility index (Phi) is 5.48. The van der Waals surface area contributed by atoms with Crippen LogP contribution in [0, 0.1) is 0 Å². The fraction of sp³-hybridized carbons (Fsp3) is 0.529. The van der Waals surface area contributed by atoms with Crippen LogP contribution in [0.4, 0.5) is 0 Å². The summed E-state index contributed by atoms with van der Waals surface area (Å²) in [5.41, 5.74) is 0.908. The first-order valence-corrected chi connectivity index (χ1v) is 10.5. The molecule has 0 saturated carbocycles. The molecule has 2 N–H and O–H groups in total. The number of nitrogens with zero attached hydrogens (tertiary/aromatic N) is 1. The van der Waals surface area contributed by atoms with E-state index in [1.54, 1.807) is 0 Å². The average Bonchev–Trinajstić information content (AvgIpc) is 3.21. The summed E-state index contributed by atoms with van der Waals surface area (Å²) in [6.45, 7) is 0.634. The normalized spacial score (nSPS) is 23.9. The Balaban J connectivity index is 1.63. The molecule has 2 fully saturated rings. The second-order valence-electron chi connectivity index (χ2n) is 6.65. The molecule has 26 heavy (non-hydrogen) atoms. The van der Waals surface area contributed by atoms with Crippen molar-refractivity contribution in [2.24, 2.45) is 0 Å². The maximum Gasteiger partial charge on any atom is 0.326 e. The molecule has 2 aliphatic rings. The SMILES string of the molecule is O=C(O)C1CC2(CN1C(=O)CP(=O)(O)CCc1ccccc1)OCCO2. The summed E-state index contributed by atoms with van der Waals surface area (Å²) < 4.78 is 23.4. The lowest BCUT2D eigenvalue weighted by Crippen LogP contribution is -2.43. The van der Waals surface area contributed by atoms with Gasteiger partial charge in [0.2, 0.25) is 13.3 Å². The molecule has 0 bridgehead atoms. The van der Waals surface area contributed by atoms with E-state index in [1.165, 1.54) is 0 Å². The summed E-state index contributed by atoms with van der Waals surface area (Å²) in [4.78, 5) is 35.3. The van der Waals surface area contributed by atoms with Crippen molar-refractivity contribution in [3.63, 3.8) is 0 Å². The number of hydrogen-bond donors (Lipinski definition) is 2. The number of aryl methyl sites for hydroxylation is 1. The summed E-state index contributed by atoms with van der Waals surface area (Å²) in [6, 6.07) is 8.11. The van der Waals surface area contributed by atoms with E-state index >= 15 is 0 Å². The van der Waals surface area contributed by atoms with Crippen LogP contribution in [0.1, 0.15) is 12.0 Å². The molecule has 9 heteroatoms. The van der Waals surface area contributed by atoms with Gasteiger partial charge in [0.15, 0.2) is 5.79 Å². The minimum Gasteiger partial charge on any atom is -0.480 e. The lowest BCUT2D eigenvalue weighted by atomic mass is 10.1. The van der Waals surface area contributed by atoms with Crippen LogP contribution in [0.15, 0.2) is 30.3 Å². The van der Waals surface area contributed by atoms with Crippen molar-refractivity contribution in [1.82, 2.24) is 4.90 Å². The number of carbonyl (C=O) groups is 2. The molecule has 0 radical (unpaired) electrons. The van der Waals surface area contributed by atoms with E-state index in [1.807, 2.05) is 30.3 Å². The molecule has 2 unspecified atom stereocenters. The quantitative estimate of drug-likeness (QED) is 0.703. The van der Waals surface area contributed by atoms with Crippen LogP contribution in [0.5, 0.6) is 0 Å². The first kappa shape index (κ1) is 19.0. The second kappa shape index (κ2) is 7.48. The van der Waals surface area contributed by atoms with E-state index < -0.39 is 37.2 Å². The highest BCUT2D eigenvalue weighted by Gasteiger charge is 2.53. The van der Waals surface area contributed by atoms with E-state index in [4.69, 9.17) is 9.47 Å². The monoisotopic (exact) mass is 383 g/mol. The molecule has 142 valence electrons. The fourth-order valence-electron chi connectivity index (χ4n) is 3.36. The van der Waals surface area contributed by atoms with Crippen molar-refractivity contribution in [1.29, 1.82) is 0 Å². The van der Waals surface area contributed by atoms with Gasteiger partial charge >= 0.3 is 5.97 Å². The smallest absolute Gasteiger partial charge is 0.326 e. The van der Waals surface area contributed by atoms with Gasteiger partial charge in [0.1, 0.15) is 12.2 Å². The lowest BCUT2D eigenvalue weighted by Gasteiger charge is -2.24. The van der Waals surface area contributed by atoms with E-state index in [-0.39, 0.29) is 19.1 Å². The van der Waals surface area contributed by atoms with E-state index in [0.29, 0.717) is 19.6 Å². The van der Waals surface area contributed by atoms with Crippen molar-refractivity contribution in [3.05, 3.63) is 35.9 Å². The predicted octanol–water partition coefficient (Wildman–Crippen LogP) is 0.928. The summed E-state index contributed by atoms with van der Waals surface area (Å²) in [5.74, 6) is -2.94. The number of carboxylic acids is 1. The Morgan fingerprint density at radius 3 is 2.50 bits per heavy atom. The van der Waals surface area contributed by atoms with Crippen LogP contribution in [-0.2, 0) is 30.0 Å². The molecule has 2 atom stereocenters. The van der Waals surface area contributed by atoms with Gasteiger partial charge in [0.05, 0.1) is 19.8 Å². The van der Waals surface area contributed by atoms with Gasteiger partial charge in [-0.05, 0) is 12.0 Å². The maximum absolute atomic E-state index is 12.5. The summed E-state index contributed by atoms with van der Waals surface area (Å²) in [5, 5.41) is 9.39. The first-order chi connectivity index (χ1) is 12.3. The predicted molar refractivity (Wildman–Crippen MR) is 92.1 cm³/mol. The third-order valence-corrected chi connectivity index (χ3v) is 6.37. The number of hydrogen-bond acceptors (Lipinski definition) is 5. The maximum atomic E-state index is 12.5. The van der Waals surface area contributed by atoms with Crippen LogP contribution < -0.4 is 0 Å². The fourth-order valence-corrected chi connectivity index (χ4v) is 4.73. The highest BCUT2D eigenvalue weighted by atomic mass is 31.2. The van der Waals surface area contributed by atoms with Crippen molar-refractivity contribution < 1.29 is 33.6 Å². The van der Waals surface area contributed by atoms with E-state index in [0.717, 1.165) is 10.5 Å². The summed E-state index contributed by atoms with van der Waals surface area (Å²) in [7, 11) is -3.73. The minimum absolute atomic E-state index is 0.0216. The zero-order chi connectivity index (χ0) is 18.8. The largest absolute Gasteiger partial charge is 0.480 e. The molecule has 1 amide bonds. The first-order valence-electron chi connectivity index (χ1n) is 8.45. The zero-order valence-electron chi connectivity index (χ0n) is 14.2. The summed E-state index contributed by atoms with van der Waals surface area (Å²) in [6.07, 6.45) is -0.222. The third-order valence-electron chi connectivity index (χ3n) is 4.69. The van der Waals surface area contributed by atoms with Gasteiger partial charge in [0, 0.05) is 12.6 Å². The van der Waals surface area contributed by atoms with Crippen molar-refractivity contribution in [3.8, 4) is 0 Å². The van der Waals surface area contributed by atoms with Gasteiger partial charge in [-0.1, -0.05) is 30.3 Å². The Morgan fingerprint density at radius 1 is 1.23 bits per heavy atom. The number of rotatable bonds is 6. The standard InChI is InChI=1S/C17H22NO7P/c19-15(11-26(22,23)9-6-13-4-2-1-3-5-13)18-12-17(24-7-8-25-17)10-14(18)16(20)21/h1-5,14H,6-12H2,(H,20,21)(H,22,23). The molecule has 3 rings (SSSR count). The molecular weight excluding hydrogens is 361 g/mol. The molecule has 8 nitrogen and oxygen atoms in total. The molecule has 0 aromatic heterocycles. The molecular formula is C17H22NO7P. The number of carboxylic acid groups (broad SMARTS) is 1. The highest BCUT2D eigenvalue weighted by Crippen LogP contribution is 2.43. The minimum atomic E-state index is -3.73. The van der Waals surface area contributed by atoms with E-state index in [9.17, 15) is 24.2 Å². The Bertz CT molecular complexity index is 717. The van der Waals surface area contributed by atoms with E-state index in [2.05, 4.69) is 0 Å². The molecule has 1 aromatic rings. The number of amides is 1. The average molecular weight is 383 g/mol. The van der Waals surface area contributed by atoms with Gasteiger partial charge < -0.3 is 24.4 Å². The third kappa shape index (κ3) is 4.32. The molecule has 2 aliphatic heterocycles. The Labute approximate surface area is 151 Å². The molecule has 1 aromatic carbocycles. The van der Waals surface area contributed by atoms with Crippen molar-refractivity contribution >= 4 is 19.2 Å². The lowest BCUT2D eigenvalue weighted by molar-refractivity contribution is -0.151. The molecule has 0 aliphatic carbocycles. The van der Waals surface area contributed by atoms with Crippen LogP contribution in [0.2, 0.25) is 0 Å². The summed E-state index contributed by atoms with van der Waals surface area (Å²) >= 11 is 0.